The van der Waals surface area contributed by atoms with E-state index in [1.165, 1.54) is 6.42 Å². The van der Waals surface area contributed by atoms with Gasteiger partial charge in [0.05, 0.1) is 6.26 Å². The number of hydrogen-bond acceptors (Lipinski definition) is 1. The molecule has 0 aromatic heterocycles. The van der Waals surface area contributed by atoms with Gasteiger partial charge in [-0.1, -0.05) is 40.2 Å². The van der Waals surface area contributed by atoms with Crippen LogP contribution in [0, 0.1) is 0 Å². The van der Waals surface area contributed by atoms with Crippen molar-refractivity contribution in [2.75, 3.05) is 0 Å². The third kappa shape index (κ3) is 4.51. The highest BCUT2D eigenvalue weighted by atomic mass is 28.4. The summed E-state index contributed by atoms with van der Waals surface area (Å²) in [6.07, 6.45) is 6.34. The van der Waals surface area contributed by atoms with Gasteiger partial charge in [-0.3, -0.25) is 0 Å². The van der Waals surface area contributed by atoms with Crippen LogP contribution in [-0.2, 0) is 4.43 Å². The smallest absolute Gasteiger partial charge is 0.249 e. The zero-order chi connectivity index (χ0) is 10.5. The Morgan fingerprint density at radius 1 is 1.23 bits per heavy atom. The normalized spacial score (nSPS) is 13.7. The van der Waals surface area contributed by atoms with Gasteiger partial charge in [0.15, 0.2) is 0 Å². The highest BCUT2D eigenvalue weighted by Gasteiger charge is 2.37. The van der Waals surface area contributed by atoms with Gasteiger partial charge in [-0.15, -0.1) is 0 Å². The van der Waals surface area contributed by atoms with Crippen molar-refractivity contribution in [2.45, 2.75) is 58.7 Å². The van der Waals surface area contributed by atoms with E-state index in [4.69, 9.17) is 4.43 Å². The summed E-state index contributed by atoms with van der Waals surface area (Å²) in [5.74, 6) is 0. The van der Waals surface area contributed by atoms with Crippen molar-refractivity contribution in [3.8, 4) is 0 Å². The van der Waals surface area contributed by atoms with Gasteiger partial charge in [-0.2, -0.15) is 0 Å². The summed E-state index contributed by atoms with van der Waals surface area (Å²) in [6, 6.07) is 0. The molecule has 0 atom stereocenters. The first-order valence-corrected chi connectivity index (χ1v) is 8.05. The molecule has 0 aliphatic rings. The van der Waals surface area contributed by atoms with Gasteiger partial charge in [0, 0.05) is 0 Å². The molecule has 1 nitrogen and oxygen atoms in total. The Kier molecular flexibility index (Phi) is 4.75. The molecule has 0 aromatic rings. The second kappa shape index (κ2) is 4.84. The average Bonchev–Trinajstić information content (AvgIpc) is 1.96. The molecule has 0 unspecified atom stereocenters. The molecule has 0 saturated carbocycles. The predicted molar refractivity (Wildman–Crippen MR) is 62.3 cm³/mol. The largest absolute Gasteiger partial charge is 0.549 e. The first-order valence-electron chi connectivity index (χ1n) is 5.14. The number of rotatable bonds is 4. The summed E-state index contributed by atoms with van der Waals surface area (Å²) in [4.78, 5) is 0. The number of hydrogen-bond donors (Lipinski definition) is 0. The van der Waals surface area contributed by atoms with Crippen LogP contribution in [0.2, 0.25) is 18.1 Å². The van der Waals surface area contributed by atoms with Crippen LogP contribution >= 0.6 is 0 Å². The lowest BCUT2D eigenvalue weighted by Crippen LogP contribution is -2.39. The van der Waals surface area contributed by atoms with Gasteiger partial charge < -0.3 is 4.43 Å². The first-order chi connectivity index (χ1) is 5.81. The fraction of sp³-hybridized carbons (Fsp3) is 0.818. The van der Waals surface area contributed by atoms with Crippen LogP contribution in [-0.4, -0.2) is 8.32 Å². The molecule has 0 aliphatic heterocycles. The van der Waals surface area contributed by atoms with Crippen LogP contribution in [0.1, 0.15) is 40.5 Å². The predicted octanol–water partition coefficient (Wildman–Crippen LogP) is 4.32. The summed E-state index contributed by atoms with van der Waals surface area (Å²) < 4.78 is 5.85. The van der Waals surface area contributed by atoms with Crippen LogP contribution in [0.5, 0.6) is 0 Å². The van der Waals surface area contributed by atoms with Gasteiger partial charge in [0.25, 0.3) is 0 Å². The molecule has 0 aromatic carbocycles. The Balaban J connectivity index is 4.04. The van der Waals surface area contributed by atoms with E-state index in [1.807, 2.05) is 6.26 Å². The van der Waals surface area contributed by atoms with Crippen molar-refractivity contribution in [2.24, 2.45) is 0 Å². The van der Waals surface area contributed by atoms with E-state index < -0.39 is 8.32 Å². The summed E-state index contributed by atoms with van der Waals surface area (Å²) in [6.45, 7) is 13.5. The molecule has 0 saturated heterocycles. The van der Waals surface area contributed by atoms with E-state index in [0.29, 0.717) is 5.04 Å². The molecule has 0 heterocycles. The fourth-order valence-corrected chi connectivity index (χ4v) is 1.42. The quantitative estimate of drug-likeness (QED) is 0.485. The fourth-order valence-electron chi connectivity index (χ4n) is 0.630. The minimum absolute atomic E-state index is 0.309. The summed E-state index contributed by atoms with van der Waals surface area (Å²) in [5, 5.41) is 0.309. The Hall–Kier alpha value is -0.243. The average molecular weight is 200 g/mol. The number of allylic oxidation sites excluding steroid dienone is 1. The minimum Gasteiger partial charge on any atom is -0.549 e. The van der Waals surface area contributed by atoms with E-state index >= 15 is 0 Å². The summed E-state index contributed by atoms with van der Waals surface area (Å²) >= 11 is 0. The van der Waals surface area contributed by atoms with E-state index in [2.05, 4.69) is 46.9 Å². The molecule has 0 radical (unpaired) electrons. The molecule has 13 heavy (non-hydrogen) atoms. The van der Waals surface area contributed by atoms with Crippen molar-refractivity contribution < 1.29 is 4.43 Å². The van der Waals surface area contributed by atoms with Crippen LogP contribution in [0.4, 0.5) is 0 Å². The lowest BCUT2D eigenvalue weighted by atomic mass is 10.2. The van der Waals surface area contributed by atoms with E-state index in [1.54, 1.807) is 0 Å². The van der Waals surface area contributed by atoms with Crippen molar-refractivity contribution in [3.63, 3.8) is 0 Å². The van der Waals surface area contributed by atoms with Crippen molar-refractivity contribution in [3.05, 3.63) is 12.3 Å². The molecule has 0 spiro atoms. The zero-order valence-corrected chi connectivity index (χ0v) is 11.0. The van der Waals surface area contributed by atoms with E-state index in [-0.39, 0.29) is 0 Å². The standard InChI is InChI=1S/C11H24OSi/c1-7-8-9-10-12-13(5,6)11(2,3)4/h9-10H,7-8H2,1-6H3/b10-9+. The second-order valence-electron chi connectivity index (χ2n) is 5.04. The Morgan fingerprint density at radius 2 is 1.77 bits per heavy atom. The van der Waals surface area contributed by atoms with Crippen LogP contribution in [0.3, 0.4) is 0 Å². The lowest BCUT2D eigenvalue weighted by Gasteiger charge is -2.34. The molecule has 0 rings (SSSR count). The molecular weight excluding hydrogens is 176 g/mol. The van der Waals surface area contributed by atoms with Crippen molar-refractivity contribution in [1.82, 2.24) is 0 Å². The highest BCUT2D eigenvalue weighted by molar-refractivity contribution is 6.74. The molecule has 78 valence electrons. The van der Waals surface area contributed by atoms with Crippen LogP contribution in [0.15, 0.2) is 12.3 Å². The third-order valence-corrected chi connectivity index (χ3v) is 7.06. The van der Waals surface area contributed by atoms with Gasteiger partial charge >= 0.3 is 0 Å². The maximum atomic E-state index is 5.85. The zero-order valence-electron chi connectivity index (χ0n) is 9.98. The third-order valence-electron chi connectivity index (χ3n) is 2.72. The van der Waals surface area contributed by atoms with E-state index in [9.17, 15) is 0 Å². The molecule has 0 amide bonds. The maximum absolute atomic E-state index is 5.85. The van der Waals surface area contributed by atoms with Gasteiger partial charge in [0.2, 0.25) is 8.32 Å². The summed E-state index contributed by atoms with van der Waals surface area (Å²) in [5.41, 5.74) is 0. The Labute approximate surface area is 84.3 Å². The monoisotopic (exact) mass is 200 g/mol. The molecule has 0 aliphatic carbocycles. The molecule has 2 heteroatoms. The molecular formula is C11H24OSi. The molecule has 0 bridgehead atoms. The SMILES string of the molecule is CCC/C=C/O[Si](C)(C)C(C)(C)C. The Morgan fingerprint density at radius 3 is 2.15 bits per heavy atom. The lowest BCUT2D eigenvalue weighted by molar-refractivity contribution is 0.428. The number of unbranched alkanes of at least 4 members (excludes halogenated alkanes) is 1. The van der Waals surface area contributed by atoms with Gasteiger partial charge in [-0.25, -0.2) is 0 Å². The molecule has 0 fully saturated rings. The highest BCUT2D eigenvalue weighted by Crippen LogP contribution is 2.36. The van der Waals surface area contributed by atoms with Crippen molar-refractivity contribution in [1.29, 1.82) is 0 Å². The topological polar surface area (TPSA) is 9.23 Å². The van der Waals surface area contributed by atoms with Crippen molar-refractivity contribution >= 4 is 8.32 Å². The summed E-state index contributed by atoms with van der Waals surface area (Å²) in [7, 11) is -1.54. The minimum atomic E-state index is -1.54. The first kappa shape index (κ1) is 12.8. The Bertz CT molecular complexity index is 165. The van der Waals surface area contributed by atoms with Crippen LogP contribution in [0.25, 0.3) is 0 Å². The van der Waals surface area contributed by atoms with E-state index in [0.717, 1.165) is 6.42 Å². The van der Waals surface area contributed by atoms with Crippen LogP contribution < -0.4 is 0 Å². The van der Waals surface area contributed by atoms with Gasteiger partial charge in [-0.05, 0) is 24.6 Å². The maximum Gasteiger partial charge on any atom is 0.249 e. The second-order valence-corrected chi connectivity index (χ2v) is 9.79. The molecule has 0 N–H and O–H groups in total. The van der Waals surface area contributed by atoms with Gasteiger partial charge in [0.1, 0.15) is 0 Å².